The first-order valence-electron chi connectivity index (χ1n) is 3.22. The number of ketones is 1. The summed E-state index contributed by atoms with van der Waals surface area (Å²) in [6, 6.07) is 2.91. The number of halogens is 2. The van der Waals surface area contributed by atoms with Gasteiger partial charge in [-0.05, 0) is 35.0 Å². The van der Waals surface area contributed by atoms with Crippen molar-refractivity contribution in [3.8, 4) is 5.75 Å². The van der Waals surface area contributed by atoms with Gasteiger partial charge in [0.1, 0.15) is 5.75 Å². The van der Waals surface area contributed by atoms with E-state index in [9.17, 15) is 4.79 Å². The van der Waals surface area contributed by atoms with Gasteiger partial charge < -0.3 is 5.11 Å². The Hall–Kier alpha value is -0.540. The topological polar surface area (TPSA) is 37.3 Å². The van der Waals surface area contributed by atoms with Crippen molar-refractivity contribution in [2.45, 2.75) is 6.92 Å². The zero-order valence-corrected chi connectivity index (χ0v) is 8.61. The van der Waals surface area contributed by atoms with E-state index in [1.54, 1.807) is 0 Å². The molecule has 0 saturated heterocycles. The highest BCUT2D eigenvalue weighted by molar-refractivity contribution is 9.10. The number of benzene rings is 1. The molecular weight excluding hydrogens is 243 g/mol. The highest BCUT2D eigenvalue weighted by atomic mass is 79.9. The molecule has 2 nitrogen and oxygen atoms in total. The molecule has 0 saturated carbocycles. The van der Waals surface area contributed by atoms with Crippen molar-refractivity contribution in [1.29, 1.82) is 0 Å². The van der Waals surface area contributed by atoms with Crippen LogP contribution >= 0.6 is 27.5 Å². The van der Waals surface area contributed by atoms with Gasteiger partial charge >= 0.3 is 0 Å². The number of phenols is 1. The van der Waals surface area contributed by atoms with Gasteiger partial charge in [0.2, 0.25) is 0 Å². The van der Waals surface area contributed by atoms with E-state index in [0.717, 1.165) is 0 Å². The Morgan fingerprint density at radius 3 is 2.67 bits per heavy atom. The summed E-state index contributed by atoms with van der Waals surface area (Å²) in [6.45, 7) is 1.42. The third-order valence-corrected chi connectivity index (χ3v) is 2.86. The maximum atomic E-state index is 10.9. The molecule has 0 aromatic heterocycles. The summed E-state index contributed by atoms with van der Waals surface area (Å²) in [4.78, 5) is 10.9. The van der Waals surface area contributed by atoms with E-state index >= 15 is 0 Å². The fraction of sp³-hybridized carbons (Fsp3) is 0.125. The summed E-state index contributed by atoms with van der Waals surface area (Å²) in [5, 5.41) is 9.42. The van der Waals surface area contributed by atoms with Crippen molar-refractivity contribution < 1.29 is 9.90 Å². The van der Waals surface area contributed by atoms with Gasteiger partial charge in [0.15, 0.2) is 5.78 Å². The van der Waals surface area contributed by atoms with Crippen LogP contribution in [0.3, 0.4) is 0 Å². The Kier molecular flexibility index (Phi) is 2.75. The maximum Gasteiger partial charge on any atom is 0.161 e. The highest BCUT2D eigenvalue weighted by Crippen LogP contribution is 2.34. The first-order valence-corrected chi connectivity index (χ1v) is 4.39. The Morgan fingerprint density at radius 2 is 2.17 bits per heavy atom. The number of carbonyl (C=O) groups is 1. The van der Waals surface area contributed by atoms with Crippen LogP contribution in [0.15, 0.2) is 16.6 Å². The number of phenolic OH excluding ortho intramolecular Hbond substituents is 1. The Morgan fingerprint density at radius 1 is 1.58 bits per heavy atom. The lowest BCUT2D eigenvalue weighted by molar-refractivity contribution is 0.101. The lowest BCUT2D eigenvalue weighted by Gasteiger charge is -2.03. The number of hydrogen-bond acceptors (Lipinski definition) is 2. The molecule has 0 fully saturated rings. The molecule has 0 spiro atoms. The van der Waals surface area contributed by atoms with Crippen molar-refractivity contribution in [1.82, 2.24) is 0 Å². The minimum absolute atomic E-state index is 0.0324. The molecule has 1 N–H and O–H groups in total. The molecule has 0 aliphatic heterocycles. The van der Waals surface area contributed by atoms with Crippen LogP contribution in [-0.4, -0.2) is 10.9 Å². The zero-order chi connectivity index (χ0) is 9.30. The van der Waals surface area contributed by atoms with Crippen LogP contribution in [0.1, 0.15) is 17.3 Å². The lowest BCUT2D eigenvalue weighted by Crippen LogP contribution is -1.93. The Bertz CT molecular complexity index is 336. The Labute approximate surface area is 83.3 Å². The van der Waals surface area contributed by atoms with E-state index in [-0.39, 0.29) is 16.6 Å². The molecule has 0 radical (unpaired) electrons. The van der Waals surface area contributed by atoms with Gasteiger partial charge in [0.25, 0.3) is 0 Å². The fourth-order valence-corrected chi connectivity index (χ4v) is 1.45. The number of hydrogen-bond donors (Lipinski definition) is 1. The van der Waals surface area contributed by atoms with E-state index in [1.165, 1.54) is 19.1 Å². The van der Waals surface area contributed by atoms with Crippen LogP contribution in [0.25, 0.3) is 0 Å². The molecular formula is C8H6BrClO2. The van der Waals surface area contributed by atoms with Gasteiger partial charge in [0, 0.05) is 5.56 Å². The number of aromatic hydroxyl groups is 1. The average Bonchev–Trinajstić information content (AvgIpc) is 2.00. The number of Topliss-reactive ketones (excluding diaryl/α,β-unsaturated/α-hetero) is 1. The molecule has 0 heterocycles. The Balaban J connectivity index is 3.36. The lowest BCUT2D eigenvalue weighted by atomic mass is 10.1. The minimum atomic E-state index is -0.124. The van der Waals surface area contributed by atoms with Crippen molar-refractivity contribution in [2.24, 2.45) is 0 Å². The fourth-order valence-electron chi connectivity index (χ4n) is 0.811. The summed E-state index contributed by atoms with van der Waals surface area (Å²) >= 11 is 8.83. The predicted molar refractivity (Wildman–Crippen MR) is 50.8 cm³/mol. The SMILES string of the molecule is CC(=O)c1ccc(O)c(Br)c1Cl. The normalized spacial score (nSPS) is 9.92. The van der Waals surface area contributed by atoms with Crippen LogP contribution in [0, 0.1) is 0 Å². The minimum Gasteiger partial charge on any atom is -0.507 e. The molecule has 0 bridgehead atoms. The summed E-state index contributed by atoms with van der Waals surface area (Å²) in [7, 11) is 0. The van der Waals surface area contributed by atoms with Crippen LogP contribution < -0.4 is 0 Å². The van der Waals surface area contributed by atoms with Gasteiger partial charge in [-0.25, -0.2) is 0 Å². The molecule has 1 aromatic rings. The van der Waals surface area contributed by atoms with Crippen molar-refractivity contribution >= 4 is 33.3 Å². The summed E-state index contributed by atoms with van der Waals surface area (Å²) < 4.78 is 0.358. The number of carbonyl (C=O) groups excluding carboxylic acids is 1. The predicted octanol–water partition coefficient (Wildman–Crippen LogP) is 3.01. The molecule has 64 valence electrons. The summed E-state index contributed by atoms with van der Waals surface area (Å²) in [6.07, 6.45) is 0. The van der Waals surface area contributed by atoms with Crippen LogP contribution in [-0.2, 0) is 0 Å². The van der Waals surface area contributed by atoms with Crippen molar-refractivity contribution in [2.75, 3.05) is 0 Å². The molecule has 0 aliphatic rings. The van der Waals surface area contributed by atoms with Crippen LogP contribution in [0.5, 0.6) is 5.75 Å². The summed E-state index contributed by atoms with van der Waals surface area (Å²) in [5.74, 6) is -0.0919. The second-order valence-electron chi connectivity index (χ2n) is 2.32. The van der Waals surface area contributed by atoms with Crippen molar-refractivity contribution in [3.63, 3.8) is 0 Å². The second-order valence-corrected chi connectivity index (χ2v) is 3.49. The van der Waals surface area contributed by atoms with E-state index in [2.05, 4.69) is 15.9 Å². The standard InChI is InChI=1S/C8H6BrClO2/c1-4(11)5-2-3-6(12)7(9)8(5)10/h2-3,12H,1H3. The van der Waals surface area contributed by atoms with Gasteiger partial charge in [-0.2, -0.15) is 0 Å². The van der Waals surface area contributed by atoms with Crippen LogP contribution in [0.2, 0.25) is 5.02 Å². The molecule has 0 atom stereocenters. The molecule has 12 heavy (non-hydrogen) atoms. The van der Waals surface area contributed by atoms with Gasteiger partial charge in [-0.15, -0.1) is 0 Å². The maximum absolute atomic E-state index is 10.9. The third kappa shape index (κ3) is 1.62. The van der Waals surface area contributed by atoms with E-state index in [1.807, 2.05) is 0 Å². The van der Waals surface area contributed by atoms with Crippen LogP contribution in [0.4, 0.5) is 0 Å². The molecule has 1 aromatic carbocycles. The first kappa shape index (κ1) is 9.55. The highest BCUT2D eigenvalue weighted by Gasteiger charge is 2.11. The number of rotatable bonds is 1. The zero-order valence-electron chi connectivity index (χ0n) is 6.27. The molecule has 0 amide bonds. The average molecular weight is 249 g/mol. The largest absolute Gasteiger partial charge is 0.507 e. The van der Waals surface area contributed by atoms with Gasteiger partial charge in [0.05, 0.1) is 9.50 Å². The van der Waals surface area contributed by atoms with Gasteiger partial charge in [-0.1, -0.05) is 11.6 Å². The van der Waals surface area contributed by atoms with E-state index in [4.69, 9.17) is 16.7 Å². The van der Waals surface area contributed by atoms with E-state index < -0.39 is 0 Å². The molecule has 0 unspecified atom stereocenters. The quantitative estimate of drug-likeness (QED) is 0.777. The first-order chi connectivity index (χ1) is 5.54. The molecule has 4 heteroatoms. The van der Waals surface area contributed by atoms with E-state index in [0.29, 0.717) is 10.0 Å². The third-order valence-electron chi connectivity index (χ3n) is 1.44. The van der Waals surface area contributed by atoms with Crippen molar-refractivity contribution in [3.05, 3.63) is 27.2 Å². The summed E-state index contributed by atoms with van der Waals surface area (Å²) in [5.41, 5.74) is 0.404. The second kappa shape index (κ2) is 3.46. The monoisotopic (exact) mass is 248 g/mol. The molecule has 1 rings (SSSR count). The van der Waals surface area contributed by atoms with Gasteiger partial charge in [-0.3, -0.25) is 4.79 Å². The smallest absolute Gasteiger partial charge is 0.161 e. The molecule has 0 aliphatic carbocycles.